The van der Waals surface area contributed by atoms with Crippen molar-refractivity contribution in [3.05, 3.63) is 17.0 Å². The summed E-state index contributed by atoms with van der Waals surface area (Å²) in [5.41, 5.74) is 2.90. The second-order valence-electron chi connectivity index (χ2n) is 7.66. The highest BCUT2D eigenvalue weighted by molar-refractivity contribution is 5.94. The molecule has 2 aliphatic heterocycles. The summed E-state index contributed by atoms with van der Waals surface area (Å²) in [6, 6.07) is 0. The average Bonchev–Trinajstić information content (AvgIpc) is 2.84. The van der Waals surface area contributed by atoms with E-state index in [-0.39, 0.29) is 23.5 Å². The third-order valence-corrected chi connectivity index (χ3v) is 5.44. The molecule has 3 heterocycles. The normalized spacial score (nSPS) is 26.3. The number of aromatic nitrogens is 2. The number of carbonyl (C=O) groups is 1. The molecule has 24 heavy (non-hydrogen) atoms. The number of methoxy groups -OCH3 is 1. The van der Waals surface area contributed by atoms with Gasteiger partial charge in [-0.1, -0.05) is 6.92 Å². The lowest BCUT2D eigenvalue weighted by atomic mass is 9.81. The predicted octanol–water partition coefficient (Wildman–Crippen LogP) is 2.33. The van der Waals surface area contributed by atoms with Gasteiger partial charge in [-0.3, -0.25) is 9.48 Å². The van der Waals surface area contributed by atoms with Crippen molar-refractivity contribution in [1.29, 1.82) is 0 Å². The zero-order valence-corrected chi connectivity index (χ0v) is 15.5. The molecule has 1 aromatic heterocycles. The Morgan fingerprint density at radius 2 is 2.04 bits per heavy atom. The number of hydrogen-bond donors (Lipinski definition) is 0. The lowest BCUT2D eigenvalue weighted by Crippen LogP contribution is -2.44. The van der Waals surface area contributed by atoms with Crippen molar-refractivity contribution in [2.75, 3.05) is 26.8 Å². The van der Waals surface area contributed by atoms with Gasteiger partial charge in [0.05, 0.1) is 24.5 Å². The largest absolute Gasteiger partial charge is 0.384 e. The summed E-state index contributed by atoms with van der Waals surface area (Å²) in [7, 11) is 3.61. The fraction of sp³-hybridized carbons (Fsp3) is 0.778. The molecule has 2 aliphatic rings. The number of likely N-dealkylation sites (tertiary alicyclic amines) is 1. The van der Waals surface area contributed by atoms with Gasteiger partial charge in [-0.05, 0) is 32.1 Å². The van der Waals surface area contributed by atoms with Gasteiger partial charge in [-0.25, -0.2) is 0 Å². The quantitative estimate of drug-likeness (QED) is 0.851. The van der Waals surface area contributed by atoms with Crippen molar-refractivity contribution in [3.8, 4) is 0 Å². The first-order valence-corrected chi connectivity index (χ1v) is 8.84. The number of piperidine rings is 1. The Kier molecular flexibility index (Phi) is 4.71. The van der Waals surface area contributed by atoms with Crippen LogP contribution in [0, 0.1) is 5.41 Å². The first-order chi connectivity index (χ1) is 11.3. The van der Waals surface area contributed by atoms with Crippen LogP contribution in [0.2, 0.25) is 0 Å². The van der Waals surface area contributed by atoms with Gasteiger partial charge >= 0.3 is 0 Å². The van der Waals surface area contributed by atoms with Crippen LogP contribution in [0.3, 0.4) is 0 Å². The van der Waals surface area contributed by atoms with Crippen LogP contribution in [0.25, 0.3) is 0 Å². The molecular weight excluding hydrogens is 306 g/mol. The molecule has 0 N–H and O–H groups in total. The van der Waals surface area contributed by atoms with Crippen LogP contribution in [-0.2, 0) is 22.9 Å². The van der Waals surface area contributed by atoms with E-state index in [1.807, 2.05) is 18.9 Å². The molecule has 1 fully saturated rings. The molecule has 0 unspecified atom stereocenters. The Morgan fingerprint density at radius 1 is 1.38 bits per heavy atom. The summed E-state index contributed by atoms with van der Waals surface area (Å²) in [6.45, 7) is 8.61. The fourth-order valence-electron chi connectivity index (χ4n) is 4.02. The smallest absolute Gasteiger partial charge is 0.272 e. The molecule has 0 bridgehead atoms. The van der Waals surface area contributed by atoms with Crippen molar-refractivity contribution < 1.29 is 14.3 Å². The molecule has 1 amide bonds. The zero-order valence-electron chi connectivity index (χ0n) is 15.5. The van der Waals surface area contributed by atoms with Gasteiger partial charge < -0.3 is 14.4 Å². The SMILES string of the molecule is COCC1(C)CCN(C(=O)c2c3c(nn2C)[C@H](C)O[C@H](C)C3)CC1. The zero-order chi connectivity index (χ0) is 17.5. The molecule has 1 aromatic rings. The molecule has 6 heteroatoms. The first kappa shape index (κ1) is 17.4. The Morgan fingerprint density at radius 3 is 2.67 bits per heavy atom. The minimum absolute atomic E-state index is 0.0529. The monoisotopic (exact) mass is 335 g/mol. The molecule has 3 rings (SSSR count). The standard InChI is InChI=1S/C18H29N3O3/c1-12-10-14-15(13(2)24-12)19-20(4)16(14)17(22)21-8-6-18(3,7-9-21)11-23-5/h12-13H,6-11H2,1-5H3/t12-,13+/m1/s1. The molecule has 0 radical (unpaired) electrons. The Labute approximate surface area is 144 Å². The summed E-state index contributed by atoms with van der Waals surface area (Å²) in [4.78, 5) is 15.1. The molecule has 0 aromatic carbocycles. The average molecular weight is 335 g/mol. The van der Waals surface area contributed by atoms with Crippen LogP contribution in [0.15, 0.2) is 0 Å². The summed E-state index contributed by atoms with van der Waals surface area (Å²) in [5.74, 6) is 0.104. The topological polar surface area (TPSA) is 56.6 Å². The molecule has 1 saturated heterocycles. The van der Waals surface area contributed by atoms with Crippen molar-refractivity contribution in [3.63, 3.8) is 0 Å². The van der Waals surface area contributed by atoms with Crippen LogP contribution in [-0.4, -0.2) is 53.5 Å². The van der Waals surface area contributed by atoms with E-state index in [2.05, 4.69) is 18.9 Å². The molecule has 6 nitrogen and oxygen atoms in total. The molecule has 2 atom stereocenters. The van der Waals surface area contributed by atoms with E-state index in [1.165, 1.54) is 0 Å². The van der Waals surface area contributed by atoms with Crippen molar-refractivity contribution >= 4 is 5.91 Å². The third-order valence-electron chi connectivity index (χ3n) is 5.44. The number of hydrogen-bond acceptors (Lipinski definition) is 4. The lowest BCUT2D eigenvalue weighted by Gasteiger charge is -2.39. The first-order valence-electron chi connectivity index (χ1n) is 8.84. The molecule has 134 valence electrons. The van der Waals surface area contributed by atoms with E-state index in [4.69, 9.17) is 9.47 Å². The van der Waals surface area contributed by atoms with Crippen LogP contribution in [0.5, 0.6) is 0 Å². The van der Waals surface area contributed by atoms with E-state index in [0.717, 1.165) is 55.9 Å². The third kappa shape index (κ3) is 3.09. The second-order valence-corrected chi connectivity index (χ2v) is 7.66. The maximum Gasteiger partial charge on any atom is 0.272 e. The van der Waals surface area contributed by atoms with Crippen LogP contribution in [0.1, 0.15) is 61.5 Å². The summed E-state index contributed by atoms with van der Waals surface area (Å²) >= 11 is 0. The van der Waals surface area contributed by atoms with E-state index in [0.29, 0.717) is 0 Å². The van der Waals surface area contributed by atoms with Crippen LogP contribution >= 0.6 is 0 Å². The number of carbonyl (C=O) groups excluding carboxylic acids is 1. The highest BCUT2D eigenvalue weighted by Gasteiger charge is 2.36. The molecular formula is C18H29N3O3. The minimum Gasteiger partial charge on any atom is -0.384 e. The second kappa shape index (κ2) is 6.48. The number of amides is 1. The van der Waals surface area contributed by atoms with Crippen LogP contribution in [0.4, 0.5) is 0 Å². The van der Waals surface area contributed by atoms with E-state index >= 15 is 0 Å². The maximum atomic E-state index is 13.1. The molecule has 0 saturated carbocycles. The Bertz CT molecular complexity index is 617. The van der Waals surface area contributed by atoms with E-state index in [9.17, 15) is 4.79 Å². The van der Waals surface area contributed by atoms with Crippen molar-refractivity contribution in [2.45, 2.75) is 52.2 Å². The number of fused-ring (bicyclic) bond motifs is 1. The molecule has 0 aliphatic carbocycles. The van der Waals surface area contributed by atoms with Crippen molar-refractivity contribution in [1.82, 2.24) is 14.7 Å². The number of aryl methyl sites for hydroxylation is 1. The summed E-state index contributed by atoms with van der Waals surface area (Å²) in [6.07, 6.45) is 2.77. The maximum absolute atomic E-state index is 13.1. The van der Waals surface area contributed by atoms with Crippen LogP contribution < -0.4 is 0 Å². The number of nitrogens with zero attached hydrogens (tertiary/aromatic N) is 3. The predicted molar refractivity (Wildman–Crippen MR) is 91.0 cm³/mol. The van der Waals surface area contributed by atoms with E-state index in [1.54, 1.807) is 11.8 Å². The number of rotatable bonds is 3. The van der Waals surface area contributed by atoms with Gasteiger partial charge in [0.2, 0.25) is 0 Å². The van der Waals surface area contributed by atoms with E-state index < -0.39 is 0 Å². The molecule has 0 spiro atoms. The fourth-order valence-corrected chi connectivity index (χ4v) is 4.02. The van der Waals surface area contributed by atoms with Gasteiger partial charge in [0, 0.05) is 39.2 Å². The van der Waals surface area contributed by atoms with Gasteiger partial charge in [0.25, 0.3) is 5.91 Å². The summed E-state index contributed by atoms with van der Waals surface area (Å²) in [5, 5.41) is 4.56. The highest BCUT2D eigenvalue weighted by atomic mass is 16.5. The van der Waals surface area contributed by atoms with Crippen molar-refractivity contribution in [2.24, 2.45) is 12.5 Å². The van der Waals surface area contributed by atoms with Gasteiger partial charge in [0.1, 0.15) is 5.69 Å². The summed E-state index contributed by atoms with van der Waals surface area (Å²) < 4.78 is 12.9. The van der Waals surface area contributed by atoms with Gasteiger partial charge in [-0.15, -0.1) is 0 Å². The lowest BCUT2D eigenvalue weighted by molar-refractivity contribution is -0.00719. The minimum atomic E-state index is -0.0529. The Balaban J connectivity index is 1.80. The highest BCUT2D eigenvalue weighted by Crippen LogP contribution is 2.34. The Hall–Kier alpha value is -1.40. The number of ether oxygens (including phenoxy) is 2. The van der Waals surface area contributed by atoms with Gasteiger partial charge in [0.15, 0.2) is 0 Å². The van der Waals surface area contributed by atoms with Gasteiger partial charge in [-0.2, -0.15) is 5.10 Å².